The van der Waals surface area contributed by atoms with Crippen LogP contribution in [0.3, 0.4) is 0 Å². The summed E-state index contributed by atoms with van der Waals surface area (Å²) in [5.74, 6) is -1.30. The highest BCUT2D eigenvalue weighted by Crippen LogP contribution is 2.39. The second-order valence-electron chi connectivity index (χ2n) is 7.12. The van der Waals surface area contributed by atoms with Gasteiger partial charge in [0.1, 0.15) is 29.1 Å². The fourth-order valence-corrected chi connectivity index (χ4v) is 3.68. The Hall–Kier alpha value is -3.87. The Kier molecular flexibility index (Phi) is 5.58. The molecule has 158 valence electrons. The SMILES string of the molecule is COc1cccc(/C(O)=C2/C(=O)C(=O)N(CCc3ccc(F)cc3)C2c2ccco2)c1. The molecular formula is C24H20FNO5. The maximum absolute atomic E-state index is 13.2. The summed E-state index contributed by atoms with van der Waals surface area (Å²) < 4.78 is 23.9. The number of aliphatic hydroxyl groups is 1. The Bertz CT molecular complexity index is 1140. The number of benzene rings is 2. The van der Waals surface area contributed by atoms with Crippen LogP contribution in [0.1, 0.15) is 22.9 Å². The third-order valence-corrected chi connectivity index (χ3v) is 5.25. The second kappa shape index (κ2) is 8.47. The van der Waals surface area contributed by atoms with Crippen molar-refractivity contribution in [2.75, 3.05) is 13.7 Å². The van der Waals surface area contributed by atoms with Crippen LogP contribution >= 0.6 is 0 Å². The average molecular weight is 421 g/mol. The quantitative estimate of drug-likeness (QED) is 0.368. The molecule has 0 saturated carbocycles. The molecule has 1 amide bonds. The molecule has 0 radical (unpaired) electrons. The van der Waals surface area contributed by atoms with E-state index < -0.39 is 17.7 Å². The van der Waals surface area contributed by atoms with Gasteiger partial charge in [-0.1, -0.05) is 24.3 Å². The third-order valence-electron chi connectivity index (χ3n) is 5.25. The lowest BCUT2D eigenvalue weighted by molar-refractivity contribution is -0.140. The maximum atomic E-state index is 13.2. The number of Topliss-reactive ketones (excluding diaryl/α,β-unsaturated/α-hetero) is 1. The zero-order valence-electron chi connectivity index (χ0n) is 16.7. The molecule has 0 spiro atoms. The van der Waals surface area contributed by atoms with E-state index in [-0.39, 0.29) is 23.7 Å². The van der Waals surface area contributed by atoms with Gasteiger partial charge < -0.3 is 19.2 Å². The van der Waals surface area contributed by atoms with E-state index in [1.807, 2.05) is 0 Å². The molecule has 1 aliphatic rings. The van der Waals surface area contributed by atoms with Crippen LogP contribution in [-0.4, -0.2) is 35.4 Å². The van der Waals surface area contributed by atoms with Crippen LogP contribution in [-0.2, 0) is 16.0 Å². The predicted octanol–water partition coefficient (Wildman–Crippen LogP) is 4.09. The Morgan fingerprint density at radius 2 is 1.90 bits per heavy atom. The number of rotatable bonds is 6. The lowest BCUT2D eigenvalue weighted by Gasteiger charge is -2.23. The van der Waals surface area contributed by atoms with Gasteiger partial charge >= 0.3 is 0 Å². The van der Waals surface area contributed by atoms with E-state index in [1.54, 1.807) is 48.5 Å². The van der Waals surface area contributed by atoms with Crippen molar-refractivity contribution in [1.29, 1.82) is 0 Å². The zero-order valence-corrected chi connectivity index (χ0v) is 16.7. The van der Waals surface area contributed by atoms with Gasteiger partial charge in [-0.3, -0.25) is 9.59 Å². The van der Waals surface area contributed by atoms with E-state index in [0.717, 1.165) is 5.56 Å². The standard InChI is InChI=1S/C24H20FNO5/c1-30-18-5-2-4-16(14-18)22(27)20-21(19-6-3-13-31-19)26(24(29)23(20)28)12-11-15-7-9-17(25)10-8-15/h2-10,13-14,21,27H,11-12H2,1H3/b22-20-. The largest absolute Gasteiger partial charge is 0.507 e. The fourth-order valence-electron chi connectivity index (χ4n) is 3.68. The summed E-state index contributed by atoms with van der Waals surface area (Å²) in [5, 5.41) is 11.0. The van der Waals surface area contributed by atoms with Crippen molar-refractivity contribution < 1.29 is 28.2 Å². The summed E-state index contributed by atoms with van der Waals surface area (Å²) in [6, 6.07) is 15.0. The molecule has 1 N–H and O–H groups in total. The second-order valence-corrected chi connectivity index (χ2v) is 7.12. The molecule has 1 saturated heterocycles. The summed E-state index contributed by atoms with van der Waals surface area (Å²) in [6.07, 6.45) is 1.85. The van der Waals surface area contributed by atoms with Gasteiger partial charge in [-0.15, -0.1) is 0 Å². The average Bonchev–Trinajstić information content (AvgIpc) is 3.40. The zero-order chi connectivity index (χ0) is 22.0. The maximum Gasteiger partial charge on any atom is 0.295 e. The van der Waals surface area contributed by atoms with Crippen LogP contribution in [0, 0.1) is 5.82 Å². The number of amides is 1. The van der Waals surface area contributed by atoms with Crippen LogP contribution in [0.2, 0.25) is 0 Å². The highest BCUT2D eigenvalue weighted by molar-refractivity contribution is 6.46. The first-order valence-corrected chi connectivity index (χ1v) is 9.70. The number of halogens is 1. The van der Waals surface area contributed by atoms with Crippen molar-refractivity contribution in [2.45, 2.75) is 12.5 Å². The van der Waals surface area contributed by atoms with E-state index in [2.05, 4.69) is 0 Å². The van der Waals surface area contributed by atoms with Crippen molar-refractivity contribution in [3.63, 3.8) is 0 Å². The molecule has 1 fully saturated rings. The topological polar surface area (TPSA) is 80.0 Å². The molecule has 1 unspecified atom stereocenters. The van der Waals surface area contributed by atoms with Gasteiger partial charge in [0, 0.05) is 12.1 Å². The van der Waals surface area contributed by atoms with Gasteiger partial charge in [-0.25, -0.2) is 4.39 Å². The summed E-state index contributed by atoms with van der Waals surface area (Å²) >= 11 is 0. The van der Waals surface area contributed by atoms with Gasteiger partial charge in [-0.2, -0.15) is 0 Å². The number of carbonyl (C=O) groups excluding carboxylic acids is 2. The van der Waals surface area contributed by atoms with Gasteiger partial charge in [0.25, 0.3) is 11.7 Å². The summed E-state index contributed by atoms with van der Waals surface area (Å²) in [7, 11) is 1.50. The Morgan fingerprint density at radius 3 is 2.58 bits per heavy atom. The molecule has 2 heterocycles. The van der Waals surface area contributed by atoms with E-state index in [4.69, 9.17) is 9.15 Å². The van der Waals surface area contributed by atoms with Crippen LogP contribution < -0.4 is 4.74 Å². The minimum atomic E-state index is -0.873. The Labute approximate surface area is 178 Å². The number of ketones is 1. The van der Waals surface area contributed by atoms with Gasteiger partial charge in [0.2, 0.25) is 0 Å². The Balaban J connectivity index is 1.73. The highest BCUT2D eigenvalue weighted by Gasteiger charge is 2.47. The molecule has 0 aliphatic carbocycles. The molecule has 0 bridgehead atoms. The summed E-state index contributed by atoms with van der Waals surface area (Å²) in [6.45, 7) is 0.191. The van der Waals surface area contributed by atoms with Crippen molar-refractivity contribution in [3.05, 3.63) is 95.2 Å². The van der Waals surface area contributed by atoms with Crippen molar-refractivity contribution >= 4 is 17.4 Å². The van der Waals surface area contributed by atoms with E-state index >= 15 is 0 Å². The first kappa shape index (κ1) is 20.4. The van der Waals surface area contributed by atoms with Crippen molar-refractivity contribution in [2.24, 2.45) is 0 Å². The number of ether oxygens (including phenoxy) is 1. The summed E-state index contributed by atoms with van der Waals surface area (Å²) in [4.78, 5) is 27.1. The molecule has 1 aromatic heterocycles. The van der Waals surface area contributed by atoms with Crippen LogP contribution in [0.15, 0.2) is 76.9 Å². The molecule has 3 aromatic rings. The van der Waals surface area contributed by atoms with E-state index in [0.29, 0.717) is 23.5 Å². The fraction of sp³-hybridized carbons (Fsp3) is 0.167. The van der Waals surface area contributed by atoms with Crippen molar-refractivity contribution in [3.8, 4) is 5.75 Å². The first-order chi connectivity index (χ1) is 15.0. The summed E-state index contributed by atoms with van der Waals surface area (Å²) in [5.41, 5.74) is 1.12. The van der Waals surface area contributed by atoms with Gasteiger partial charge in [-0.05, 0) is 48.4 Å². The van der Waals surface area contributed by atoms with Crippen LogP contribution in [0.5, 0.6) is 5.75 Å². The number of aliphatic hydroxyl groups excluding tert-OH is 1. The Morgan fingerprint density at radius 1 is 1.13 bits per heavy atom. The monoisotopic (exact) mass is 421 g/mol. The number of carbonyl (C=O) groups is 2. The number of nitrogens with zero attached hydrogens (tertiary/aromatic N) is 1. The highest BCUT2D eigenvalue weighted by atomic mass is 19.1. The van der Waals surface area contributed by atoms with Crippen LogP contribution in [0.4, 0.5) is 4.39 Å². The number of likely N-dealkylation sites (tertiary alicyclic amines) is 1. The molecular weight excluding hydrogens is 401 g/mol. The number of hydrogen-bond acceptors (Lipinski definition) is 5. The molecule has 1 atom stereocenters. The van der Waals surface area contributed by atoms with Gasteiger partial charge in [0.05, 0.1) is 18.9 Å². The minimum Gasteiger partial charge on any atom is -0.507 e. The number of hydrogen-bond donors (Lipinski definition) is 1. The van der Waals surface area contributed by atoms with Gasteiger partial charge in [0.15, 0.2) is 0 Å². The lowest BCUT2D eigenvalue weighted by Crippen LogP contribution is -2.31. The molecule has 1 aliphatic heterocycles. The minimum absolute atomic E-state index is 0.0488. The normalized spacial score (nSPS) is 17.9. The van der Waals surface area contributed by atoms with Crippen molar-refractivity contribution in [1.82, 2.24) is 4.90 Å². The molecule has 6 nitrogen and oxygen atoms in total. The molecule has 4 rings (SSSR count). The molecule has 7 heteroatoms. The molecule has 2 aromatic carbocycles. The van der Waals surface area contributed by atoms with Crippen LogP contribution in [0.25, 0.3) is 5.76 Å². The van der Waals surface area contributed by atoms with E-state index in [9.17, 15) is 19.1 Å². The molecule has 31 heavy (non-hydrogen) atoms. The first-order valence-electron chi connectivity index (χ1n) is 9.70. The predicted molar refractivity (Wildman–Crippen MR) is 111 cm³/mol. The third kappa shape index (κ3) is 3.94. The number of methoxy groups -OCH3 is 1. The smallest absolute Gasteiger partial charge is 0.295 e. The number of furan rings is 1. The lowest BCUT2D eigenvalue weighted by atomic mass is 9.99. The van der Waals surface area contributed by atoms with E-state index in [1.165, 1.54) is 30.4 Å².